The Morgan fingerprint density at radius 3 is 2.51 bits per heavy atom. The van der Waals surface area contributed by atoms with Crippen molar-refractivity contribution in [2.45, 2.75) is 107 Å². The summed E-state index contributed by atoms with van der Waals surface area (Å²) in [6, 6.07) is 1.96. The first-order valence-corrected chi connectivity index (χ1v) is 19.9. The molecule has 2 saturated carbocycles. The molecule has 1 aromatic rings. The van der Waals surface area contributed by atoms with Gasteiger partial charge in [0.2, 0.25) is 27.7 Å². The van der Waals surface area contributed by atoms with Crippen LogP contribution in [0.25, 0.3) is 0 Å². The lowest BCUT2D eigenvalue weighted by Crippen LogP contribution is -2.58. The number of hydrogen-bond acceptors (Lipinski definition) is 10. The average Bonchev–Trinajstić information content (AvgIpc) is 3.99. The van der Waals surface area contributed by atoms with E-state index in [1.54, 1.807) is 45.1 Å². The molecule has 298 valence electrons. The SMILES string of the molecule is C=CC(=O)N1CC=C[C@@H]2C[C@@]2(C(=O)NS(=O)(=O)C2CC2)NC(=O)[C@@H]2C[C@@H](OC(=O)N3Cc4cccc(F)c4C3)CN2C(=O)[C@@H](NC(=O)OC(C)(C)C)CCC1. The van der Waals surface area contributed by atoms with Gasteiger partial charge in [0.1, 0.15) is 35.1 Å². The number of nitrogens with zero attached hydrogens (tertiary/aromatic N) is 3. The summed E-state index contributed by atoms with van der Waals surface area (Å²) >= 11 is 0. The molecule has 3 N–H and O–H groups in total. The van der Waals surface area contributed by atoms with Crippen LogP contribution < -0.4 is 15.4 Å². The number of rotatable bonds is 6. The molecule has 1 saturated heterocycles. The molecular formula is C37H47FN6O10S. The smallest absolute Gasteiger partial charge is 0.410 e. The summed E-state index contributed by atoms with van der Waals surface area (Å²) in [6.07, 6.45) is 2.57. The van der Waals surface area contributed by atoms with E-state index in [9.17, 15) is 41.6 Å². The number of hydrogen-bond donors (Lipinski definition) is 3. The van der Waals surface area contributed by atoms with Crippen LogP contribution in [0.15, 0.2) is 43.0 Å². The highest BCUT2D eigenvalue weighted by molar-refractivity contribution is 7.91. The Bertz CT molecular complexity index is 1910. The highest BCUT2D eigenvalue weighted by Gasteiger charge is 2.62. The van der Waals surface area contributed by atoms with Gasteiger partial charge in [-0.3, -0.25) is 28.8 Å². The van der Waals surface area contributed by atoms with E-state index in [-0.39, 0.29) is 58.4 Å². The van der Waals surface area contributed by atoms with Crippen LogP contribution in [-0.2, 0) is 51.8 Å². The van der Waals surface area contributed by atoms with Crippen LogP contribution in [0.5, 0.6) is 0 Å². The highest BCUT2D eigenvalue weighted by Crippen LogP contribution is 2.46. The van der Waals surface area contributed by atoms with Gasteiger partial charge in [-0.1, -0.05) is 30.9 Å². The van der Waals surface area contributed by atoms with Crippen molar-refractivity contribution in [3.63, 3.8) is 0 Å². The first kappa shape index (κ1) is 39.7. The van der Waals surface area contributed by atoms with Gasteiger partial charge in [-0.15, -0.1) is 0 Å². The fraction of sp³-hybridized carbons (Fsp3) is 0.568. The minimum atomic E-state index is -4.01. The van der Waals surface area contributed by atoms with Crippen LogP contribution in [0.2, 0.25) is 0 Å². The largest absolute Gasteiger partial charge is 0.444 e. The van der Waals surface area contributed by atoms with E-state index >= 15 is 0 Å². The summed E-state index contributed by atoms with van der Waals surface area (Å²) in [5.41, 5.74) is -1.64. The first-order valence-electron chi connectivity index (χ1n) is 18.4. The Balaban J connectivity index is 1.29. The van der Waals surface area contributed by atoms with Crippen LogP contribution in [0.1, 0.15) is 70.4 Å². The van der Waals surface area contributed by atoms with Crippen LogP contribution in [0.4, 0.5) is 14.0 Å². The molecule has 18 heteroatoms. The summed E-state index contributed by atoms with van der Waals surface area (Å²) in [4.78, 5) is 85.6. The fourth-order valence-electron chi connectivity index (χ4n) is 7.24. The third kappa shape index (κ3) is 8.95. The van der Waals surface area contributed by atoms with Gasteiger partial charge in [-0.2, -0.15) is 0 Å². The lowest BCUT2D eigenvalue weighted by atomic mass is 10.1. The van der Waals surface area contributed by atoms with Gasteiger partial charge in [0, 0.05) is 37.5 Å². The number of alkyl carbamates (subject to hydrolysis) is 1. The van der Waals surface area contributed by atoms with Gasteiger partial charge in [0.15, 0.2) is 0 Å². The van der Waals surface area contributed by atoms with Gasteiger partial charge in [0.25, 0.3) is 5.91 Å². The predicted molar refractivity (Wildman–Crippen MR) is 193 cm³/mol. The maximum absolute atomic E-state index is 14.5. The molecule has 16 nitrogen and oxygen atoms in total. The van der Waals surface area contributed by atoms with Crippen molar-refractivity contribution in [1.29, 1.82) is 0 Å². The minimum absolute atomic E-state index is 0.0175. The van der Waals surface area contributed by atoms with Crippen molar-refractivity contribution in [2.24, 2.45) is 5.92 Å². The molecule has 55 heavy (non-hydrogen) atoms. The summed E-state index contributed by atoms with van der Waals surface area (Å²) in [5.74, 6) is -3.97. The van der Waals surface area contributed by atoms with Crippen LogP contribution >= 0.6 is 0 Å². The molecule has 0 bridgehead atoms. The molecule has 6 amide bonds. The maximum atomic E-state index is 14.5. The monoisotopic (exact) mass is 786 g/mol. The van der Waals surface area contributed by atoms with Crippen molar-refractivity contribution < 1.29 is 51.0 Å². The molecule has 3 aliphatic heterocycles. The molecule has 5 aliphatic rings. The number of halogens is 1. The van der Waals surface area contributed by atoms with Crippen molar-refractivity contribution in [3.8, 4) is 0 Å². The molecule has 5 atom stereocenters. The van der Waals surface area contributed by atoms with Gasteiger partial charge in [-0.05, 0) is 70.6 Å². The molecule has 2 aliphatic carbocycles. The number of sulfonamides is 1. The lowest BCUT2D eigenvalue weighted by Gasteiger charge is -2.30. The summed E-state index contributed by atoms with van der Waals surface area (Å²) in [6.45, 7) is 8.52. The zero-order valence-corrected chi connectivity index (χ0v) is 31.9. The molecular weight excluding hydrogens is 740 g/mol. The molecule has 3 fully saturated rings. The summed E-state index contributed by atoms with van der Waals surface area (Å²) in [7, 11) is -4.01. The zero-order valence-electron chi connectivity index (χ0n) is 31.0. The Morgan fingerprint density at radius 1 is 1.09 bits per heavy atom. The van der Waals surface area contributed by atoms with Gasteiger partial charge in [0.05, 0.1) is 18.3 Å². The third-order valence-corrected chi connectivity index (χ3v) is 12.2. The minimum Gasteiger partial charge on any atom is -0.444 e. The number of ether oxygens (including phenoxy) is 2. The maximum Gasteiger partial charge on any atom is 0.410 e. The molecule has 0 radical (unpaired) electrons. The van der Waals surface area contributed by atoms with E-state index in [2.05, 4.69) is 21.9 Å². The predicted octanol–water partition coefficient (Wildman–Crippen LogP) is 1.99. The quantitative estimate of drug-likeness (QED) is 0.283. The van der Waals surface area contributed by atoms with E-state index in [1.807, 2.05) is 0 Å². The second kappa shape index (κ2) is 15.3. The Morgan fingerprint density at radius 2 is 1.84 bits per heavy atom. The average molecular weight is 787 g/mol. The van der Waals surface area contributed by atoms with E-state index in [0.717, 1.165) is 6.08 Å². The summed E-state index contributed by atoms with van der Waals surface area (Å²) < 4.78 is 53.5. The normalized spacial score (nSPS) is 27.0. The van der Waals surface area contributed by atoms with Gasteiger partial charge in [-0.25, -0.2) is 22.4 Å². The Hall–Kier alpha value is -5.00. The number of fused-ring (bicyclic) bond motifs is 3. The van der Waals surface area contributed by atoms with Crippen LogP contribution in [0.3, 0.4) is 0 Å². The summed E-state index contributed by atoms with van der Waals surface area (Å²) in [5, 5.41) is 4.61. The van der Waals surface area contributed by atoms with E-state index in [1.165, 1.54) is 20.8 Å². The Labute approximate surface area is 318 Å². The molecule has 0 unspecified atom stereocenters. The van der Waals surface area contributed by atoms with Gasteiger partial charge >= 0.3 is 12.2 Å². The number of benzene rings is 1. The first-order chi connectivity index (χ1) is 25.9. The van der Waals surface area contributed by atoms with E-state index in [0.29, 0.717) is 24.0 Å². The second-order valence-corrected chi connectivity index (χ2v) is 17.6. The Kier molecular flexibility index (Phi) is 11.0. The third-order valence-electron chi connectivity index (χ3n) is 10.4. The number of carbonyl (C=O) groups excluding carboxylic acids is 6. The van der Waals surface area contributed by atoms with E-state index in [4.69, 9.17) is 9.47 Å². The molecule has 0 spiro atoms. The number of amides is 6. The van der Waals surface area contributed by atoms with Crippen molar-refractivity contribution in [1.82, 2.24) is 30.1 Å². The van der Waals surface area contributed by atoms with Crippen molar-refractivity contribution in [2.75, 3.05) is 19.6 Å². The van der Waals surface area contributed by atoms with E-state index < -0.39 is 92.2 Å². The lowest BCUT2D eigenvalue weighted by molar-refractivity contribution is -0.141. The molecule has 6 rings (SSSR count). The zero-order chi connectivity index (χ0) is 39.9. The van der Waals surface area contributed by atoms with Crippen LogP contribution in [-0.4, -0.2) is 113 Å². The van der Waals surface area contributed by atoms with Crippen LogP contribution in [0, 0.1) is 11.7 Å². The standard InChI is InChI=1S/C37H47FN6O10S/c1-5-30(45)42-15-7-10-23-18-37(23,33(48)41-55(51,52)25-13-14-25)40-31(46)29-17-24(53-35(50)43-19-22-9-6-11-27(38)26(22)21-43)20-44(29)32(47)28(12-8-16-42)39-34(49)54-36(2,3)4/h5-7,9-11,23-25,28-29H,1,8,12-21H2,2-4H3,(H,39,49)(H,40,46)(H,41,48)/t23-,24-,28+,29+,37-/m1/s1. The van der Waals surface area contributed by atoms with Crippen molar-refractivity contribution in [3.05, 3.63) is 60.0 Å². The molecule has 1 aromatic carbocycles. The second-order valence-electron chi connectivity index (χ2n) is 15.7. The number of carbonyl (C=O) groups is 6. The number of nitrogens with one attached hydrogen (secondary N) is 3. The topological polar surface area (TPSA) is 201 Å². The molecule has 3 heterocycles. The van der Waals surface area contributed by atoms with Gasteiger partial charge < -0.3 is 29.9 Å². The fourth-order valence-corrected chi connectivity index (χ4v) is 8.60. The highest BCUT2D eigenvalue weighted by atomic mass is 32.2. The van der Waals surface area contributed by atoms with Crippen molar-refractivity contribution >= 4 is 45.8 Å². The molecule has 0 aromatic heterocycles.